The third-order valence-corrected chi connectivity index (χ3v) is 3.47. The Labute approximate surface area is 64.7 Å². The maximum Gasteiger partial charge on any atom is 0.151 e. The quantitative estimate of drug-likeness (QED) is 0.534. The fourth-order valence-corrected chi connectivity index (χ4v) is 2.65. The van der Waals surface area contributed by atoms with Crippen LogP contribution in [0.1, 0.15) is 6.42 Å². The summed E-state index contributed by atoms with van der Waals surface area (Å²) in [6, 6.07) is 1.66. The second-order valence-electron chi connectivity index (χ2n) is 2.65. The Kier molecular flexibility index (Phi) is 2.14. The number of nitrogens with zero attached hydrogens (tertiary/aromatic N) is 1. The molecule has 0 spiro atoms. The zero-order valence-corrected chi connectivity index (χ0v) is 6.64. The maximum absolute atomic E-state index is 12.7. The highest BCUT2D eigenvalue weighted by Gasteiger charge is 2.32. The van der Waals surface area contributed by atoms with Crippen LogP contribution in [-0.4, -0.2) is 26.1 Å². The minimum atomic E-state index is -3.14. The summed E-state index contributed by atoms with van der Waals surface area (Å²) in [4.78, 5) is 0. The topological polar surface area (TPSA) is 57.9 Å². The highest BCUT2D eigenvalue weighted by atomic mass is 32.2. The lowest BCUT2D eigenvalue weighted by atomic mass is 10.1. The molecule has 0 aromatic carbocycles. The maximum atomic E-state index is 12.7. The largest absolute Gasteiger partial charge is 0.246 e. The molecule has 0 aromatic rings. The zero-order chi connectivity index (χ0) is 8.48. The Morgan fingerprint density at radius 1 is 1.55 bits per heavy atom. The van der Waals surface area contributed by atoms with E-state index in [1.807, 2.05) is 0 Å². The number of rotatable bonds is 0. The minimum absolute atomic E-state index is 0.0272. The van der Waals surface area contributed by atoms with Gasteiger partial charge in [-0.3, -0.25) is 0 Å². The molecule has 1 fully saturated rings. The molecule has 0 N–H and O–H groups in total. The van der Waals surface area contributed by atoms with Crippen molar-refractivity contribution < 1.29 is 12.8 Å². The van der Waals surface area contributed by atoms with E-state index in [4.69, 9.17) is 5.26 Å². The van der Waals surface area contributed by atoms with Gasteiger partial charge in [-0.15, -0.1) is 0 Å². The van der Waals surface area contributed by atoms with E-state index in [0.29, 0.717) is 0 Å². The molecule has 1 heterocycles. The predicted molar refractivity (Wildman–Crippen MR) is 37.3 cm³/mol. The summed E-state index contributed by atoms with van der Waals surface area (Å²) in [7, 11) is -3.14. The Balaban J connectivity index is 2.76. The molecule has 1 rings (SSSR count). The van der Waals surface area contributed by atoms with Crippen LogP contribution in [0, 0.1) is 17.2 Å². The van der Waals surface area contributed by atoms with Gasteiger partial charge in [0.1, 0.15) is 6.17 Å². The van der Waals surface area contributed by atoms with Gasteiger partial charge in [-0.25, -0.2) is 12.8 Å². The molecule has 1 aliphatic heterocycles. The lowest BCUT2D eigenvalue weighted by Gasteiger charge is -2.19. The summed E-state index contributed by atoms with van der Waals surface area (Å²) in [5.41, 5.74) is 0. The monoisotopic (exact) mass is 177 g/mol. The van der Waals surface area contributed by atoms with Gasteiger partial charge in [0.2, 0.25) is 0 Å². The van der Waals surface area contributed by atoms with Crippen LogP contribution in [-0.2, 0) is 9.84 Å². The van der Waals surface area contributed by atoms with Crippen molar-refractivity contribution in [2.45, 2.75) is 12.6 Å². The Morgan fingerprint density at radius 2 is 2.18 bits per heavy atom. The summed E-state index contributed by atoms with van der Waals surface area (Å²) >= 11 is 0. The van der Waals surface area contributed by atoms with E-state index < -0.39 is 21.9 Å². The van der Waals surface area contributed by atoms with Crippen LogP contribution in [0.5, 0.6) is 0 Å². The number of halogens is 1. The van der Waals surface area contributed by atoms with Crippen molar-refractivity contribution in [3.63, 3.8) is 0 Å². The van der Waals surface area contributed by atoms with Gasteiger partial charge in [-0.1, -0.05) is 0 Å². The van der Waals surface area contributed by atoms with Crippen molar-refractivity contribution in [1.82, 2.24) is 0 Å². The van der Waals surface area contributed by atoms with Crippen LogP contribution in [0.2, 0.25) is 0 Å². The standard InChI is InChI=1S/C6H8FNO2S/c7-6-1-2-11(9,10)4-5(6)3-8/h5-6H,1-2,4H2/t5-,6-/m1/s1. The van der Waals surface area contributed by atoms with Crippen LogP contribution in [0.3, 0.4) is 0 Å². The highest BCUT2D eigenvalue weighted by Crippen LogP contribution is 2.20. The van der Waals surface area contributed by atoms with E-state index in [1.54, 1.807) is 6.07 Å². The molecule has 0 amide bonds. The summed E-state index contributed by atoms with van der Waals surface area (Å²) in [5.74, 6) is -1.38. The summed E-state index contributed by atoms with van der Waals surface area (Å²) in [6.45, 7) is 0. The van der Waals surface area contributed by atoms with Crippen molar-refractivity contribution in [2.75, 3.05) is 11.5 Å². The van der Waals surface area contributed by atoms with Crippen LogP contribution in [0.4, 0.5) is 4.39 Å². The van der Waals surface area contributed by atoms with Crippen molar-refractivity contribution in [1.29, 1.82) is 5.26 Å². The summed E-state index contributed by atoms with van der Waals surface area (Å²) in [5, 5.41) is 8.34. The average molecular weight is 177 g/mol. The first kappa shape index (κ1) is 8.47. The molecule has 1 saturated heterocycles. The molecule has 0 unspecified atom stereocenters. The molecule has 0 radical (unpaired) electrons. The molecule has 1 aliphatic rings. The molecule has 0 aliphatic carbocycles. The number of hydrogen-bond acceptors (Lipinski definition) is 3. The van der Waals surface area contributed by atoms with Gasteiger partial charge in [0.15, 0.2) is 9.84 Å². The smallest absolute Gasteiger partial charge is 0.151 e. The number of hydrogen-bond donors (Lipinski definition) is 0. The van der Waals surface area contributed by atoms with E-state index in [2.05, 4.69) is 0 Å². The van der Waals surface area contributed by atoms with Crippen molar-refractivity contribution >= 4 is 9.84 Å². The van der Waals surface area contributed by atoms with E-state index >= 15 is 0 Å². The van der Waals surface area contributed by atoms with Crippen molar-refractivity contribution in [3.05, 3.63) is 0 Å². The van der Waals surface area contributed by atoms with Gasteiger partial charge < -0.3 is 0 Å². The normalized spacial score (nSPS) is 36.0. The van der Waals surface area contributed by atoms with Gasteiger partial charge in [-0.2, -0.15) is 5.26 Å². The second-order valence-corrected chi connectivity index (χ2v) is 4.88. The first-order valence-corrected chi connectivity index (χ1v) is 5.11. The third kappa shape index (κ3) is 1.90. The molecule has 0 aromatic heterocycles. The van der Waals surface area contributed by atoms with E-state index in [9.17, 15) is 12.8 Å². The number of nitriles is 1. The van der Waals surface area contributed by atoms with Gasteiger partial charge in [0.25, 0.3) is 0 Å². The molecule has 3 nitrogen and oxygen atoms in total. The Morgan fingerprint density at radius 3 is 2.64 bits per heavy atom. The predicted octanol–water partition coefficient (Wildman–Crippen LogP) is 0.283. The number of alkyl halides is 1. The highest BCUT2D eigenvalue weighted by molar-refractivity contribution is 7.91. The SMILES string of the molecule is N#C[C@@H]1CS(=O)(=O)CC[C@H]1F. The number of sulfone groups is 1. The van der Waals surface area contributed by atoms with Crippen LogP contribution in [0.15, 0.2) is 0 Å². The van der Waals surface area contributed by atoms with Gasteiger partial charge in [0.05, 0.1) is 23.5 Å². The fraction of sp³-hybridized carbons (Fsp3) is 0.833. The average Bonchev–Trinajstić information content (AvgIpc) is 1.94. The Hall–Kier alpha value is -0.630. The van der Waals surface area contributed by atoms with Crippen LogP contribution >= 0.6 is 0 Å². The first-order chi connectivity index (χ1) is 5.05. The lowest BCUT2D eigenvalue weighted by Crippen LogP contribution is -2.32. The molecule has 0 saturated carbocycles. The van der Waals surface area contributed by atoms with Crippen molar-refractivity contribution in [2.24, 2.45) is 5.92 Å². The fourth-order valence-electron chi connectivity index (χ4n) is 1.07. The lowest BCUT2D eigenvalue weighted by molar-refractivity contribution is 0.265. The van der Waals surface area contributed by atoms with E-state index in [-0.39, 0.29) is 17.9 Å². The summed E-state index contributed by atoms with van der Waals surface area (Å²) < 4.78 is 34.4. The molecular weight excluding hydrogens is 169 g/mol. The third-order valence-electron chi connectivity index (χ3n) is 1.74. The van der Waals surface area contributed by atoms with Gasteiger partial charge in [0, 0.05) is 0 Å². The zero-order valence-electron chi connectivity index (χ0n) is 5.83. The van der Waals surface area contributed by atoms with Crippen LogP contribution < -0.4 is 0 Å². The molecule has 0 bridgehead atoms. The second kappa shape index (κ2) is 2.78. The van der Waals surface area contributed by atoms with Crippen molar-refractivity contribution in [3.8, 4) is 6.07 Å². The Bertz CT molecular complexity index is 279. The first-order valence-electron chi connectivity index (χ1n) is 3.29. The van der Waals surface area contributed by atoms with E-state index in [0.717, 1.165) is 0 Å². The summed E-state index contributed by atoms with van der Waals surface area (Å²) in [6.07, 6.45) is -1.29. The van der Waals surface area contributed by atoms with Crippen LogP contribution in [0.25, 0.3) is 0 Å². The van der Waals surface area contributed by atoms with Gasteiger partial charge >= 0.3 is 0 Å². The molecule has 11 heavy (non-hydrogen) atoms. The molecule has 2 atom stereocenters. The molecule has 5 heteroatoms. The van der Waals surface area contributed by atoms with E-state index in [1.165, 1.54) is 0 Å². The minimum Gasteiger partial charge on any atom is -0.246 e. The molecule has 62 valence electrons. The van der Waals surface area contributed by atoms with Gasteiger partial charge in [-0.05, 0) is 6.42 Å². The molecular formula is C6H8FNO2S.